The maximum absolute atomic E-state index is 5.27. The highest BCUT2D eigenvalue weighted by atomic mass is 32.2. The Balaban J connectivity index is 2.29. The van der Waals surface area contributed by atoms with Crippen LogP contribution in [0.4, 0.5) is 0 Å². The van der Waals surface area contributed by atoms with Gasteiger partial charge in [-0.3, -0.25) is 0 Å². The van der Waals surface area contributed by atoms with Crippen molar-refractivity contribution in [2.45, 2.75) is 17.5 Å². The van der Waals surface area contributed by atoms with E-state index in [1.165, 1.54) is 10.5 Å². The summed E-state index contributed by atoms with van der Waals surface area (Å²) in [5.74, 6) is 0. The first-order valence-corrected chi connectivity index (χ1v) is 6.88. The van der Waals surface area contributed by atoms with Crippen molar-refractivity contribution >= 4 is 11.8 Å². The molecule has 1 aromatic carbocycles. The molecule has 1 unspecified atom stereocenters. The minimum Gasteiger partial charge on any atom is -0.382 e. The molecule has 1 rings (SSSR count). The highest BCUT2D eigenvalue weighted by Crippen LogP contribution is 2.14. The van der Waals surface area contributed by atoms with Crippen LogP contribution in [-0.4, -0.2) is 39.7 Å². The molecule has 0 radical (unpaired) electrons. The van der Waals surface area contributed by atoms with Gasteiger partial charge in [0.1, 0.15) is 0 Å². The summed E-state index contributed by atoms with van der Waals surface area (Å²) in [6, 6.07) is 8.59. The standard InChI is InChI=1S/C13H21NO2S/c1-15-10-12(16-2)9-14-8-11-4-6-13(17-3)7-5-11/h4-7,12,14H,8-10H2,1-3H3. The van der Waals surface area contributed by atoms with Crippen molar-refractivity contribution < 1.29 is 9.47 Å². The molecule has 0 saturated carbocycles. The quantitative estimate of drug-likeness (QED) is 0.721. The van der Waals surface area contributed by atoms with E-state index in [0.29, 0.717) is 6.61 Å². The molecule has 96 valence electrons. The van der Waals surface area contributed by atoms with Gasteiger partial charge in [-0.05, 0) is 24.0 Å². The third-order valence-corrected chi connectivity index (χ3v) is 3.29. The fraction of sp³-hybridized carbons (Fsp3) is 0.538. The van der Waals surface area contributed by atoms with Crippen molar-refractivity contribution in [2.24, 2.45) is 0 Å². The first kappa shape index (κ1) is 14.5. The second-order valence-electron chi connectivity index (χ2n) is 3.79. The molecule has 0 saturated heterocycles. The smallest absolute Gasteiger partial charge is 0.0928 e. The van der Waals surface area contributed by atoms with E-state index in [2.05, 4.69) is 35.8 Å². The first-order chi connectivity index (χ1) is 8.30. The van der Waals surface area contributed by atoms with Crippen molar-refractivity contribution in [1.29, 1.82) is 0 Å². The van der Waals surface area contributed by atoms with Gasteiger partial charge in [0, 0.05) is 32.2 Å². The Morgan fingerprint density at radius 2 is 1.94 bits per heavy atom. The predicted molar refractivity (Wildman–Crippen MR) is 72.6 cm³/mol. The van der Waals surface area contributed by atoms with E-state index in [0.717, 1.165) is 13.1 Å². The van der Waals surface area contributed by atoms with Gasteiger partial charge in [0.2, 0.25) is 0 Å². The molecule has 1 aromatic rings. The molecule has 0 aromatic heterocycles. The number of methoxy groups -OCH3 is 2. The maximum atomic E-state index is 5.27. The van der Waals surface area contributed by atoms with Crippen LogP contribution in [0.25, 0.3) is 0 Å². The zero-order chi connectivity index (χ0) is 12.5. The van der Waals surface area contributed by atoms with Crippen molar-refractivity contribution in [3.05, 3.63) is 29.8 Å². The Hall–Kier alpha value is -0.550. The molecule has 0 aliphatic carbocycles. The zero-order valence-electron chi connectivity index (χ0n) is 10.7. The number of benzene rings is 1. The molecule has 0 bridgehead atoms. The summed E-state index contributed by atoms with van der Waals surface area (Å²) in [5.41, 5.74) is 1.29. The van der Waals surface area contributed by atoms with E-state index in [4.69, 9.17) is 9.47 Å². The summed E-state index contributed by atoms with van der Waals surface area (Å²) < 4.78 is 10.3. The molecule has 1 atom stereocenters. The lowest BCUT2D eigenvalue weighted by Gasteiger charge is -2.15. The average Bonchev–Trinajstić information content (AvgIpc) is 2.38. The van der Waals surface area contributed by atoms with Crippen LogP contribution in [0.2, 0.25) is 0 Å². The average molecular weight is 255 g/mol. The molecule has 0 spiro atoms. The van der Waals surface area contributed by atoms with Crippen molar-refractivity contribution in [1.82, 2.24) is 5.32 Å². The SMILES string of the molecule is COCC(CNCc1ccc(SC)cc1)OC. The lowest BCUT2D eigenvalue weighted by Crippen LogP contribution is -2.31. The van der Waals surface area contributed by atoms with Crippen LogP contribution in [0.15, 0.2) is 29.2 Å². The Labute approximate surface area is 108 Å². The molecule has 0 amide bonds. The van der Waals surface area contributed by atoms with Crippen molar-refractivity contribution in [3.8, 4) is 0 Å². The van der Waals surface area contributed by atoms with Crippen LogP contribution in [-0.2, 0) is 16.0 Å². The molecule has 3 nitrogen and oxygen atoms in total. The normalized spacial score (nSPS) is 12.6. The van der Waals surface area contributed by atoms with Gasteiger partial charge in [-0.1, -0.05) is 12.1 Å². The molecular weight excluding hydrogens is 234 g/mol. The van der Waals surface area contributed by atoms with Crippen LogP contribution in [0.1, 0.15) is 5.56 Å². The monoisotopic (exact) mass is 255 g/mol. The molecular formula is C13H21NO2S. The van der Waals surface area contributed by atoms with Crippen LogP contribution >= 0.6 is 11.8 Å². The Morgan fingerprint density at radius 3 is 2.47 bits per heavy atom. The number of nitrogens with one attached hydrogen (secondary N) is 1. The summed E-state index contributed by atoms with van der Waals surface area (Å²) in [4.78, 5) is 1.29. The van der Waals surface area contributed by atoms with E-state index in [9.17, 15) is 0 Å². The van der Waals surface area contributed by atoms with Crippen LogP contribution < -0.4 is 5.32 Å². The summed E-state index contributed by atoms with van der Waals surface area (Å²) in [6.07, 6.45) is 2.20. The van der Waals surface area contributed by atoms with Crippen LogP contribution in [0.5, 0.6) is 0 Å². The van der Waals surface area contributed by atoms with E-state index in [-0.39, 0.29) is 6.10 Å². The lowest BCUT2D eigenvalue weighted by atomic mass is 10.2. The van der Waals surface area contributed by atoms with Gasteiger partial charge >= 0.3 is 0 Å². The fourth-order valence-electron chi connectivity index (χ4n) is 1.52. The number of ether oxygens (including phenoxy) is 2. The molecule has 4 heteroatoms. The number of hydrogen-bond acceptors (Lipinski definition) is 4. The summed E-state index contributed by atoms with van der Waals surface area (Å²) in [5, 5.41) is 3.36. The summed E-state index contributed by atoms with van der Waals surface area (Å²) in [6.45, 7) is 2.28. The molecule has 1 N–H and O–H groups in total. The second-order valence-corrected chi connectivity index (χ2v) is 4.67. The van der Waals surface area contributed by atoms with E-state index >= 15 is 0 Å². The first-order valence-electron chi connectivity index (χ1n) is 5.65. The van der Waals surface area contributed by atoms with Gasteiger partial charge in [-0.2, -0.15) is 0 Å². The number of hydrogen-bond donors (Lipinski definition) is 1. The van der Waals surface area contributed by atoms with E-state index in [1.807, 2.05) is 0 Å². The van der Waals surface area contributed by atoms with Gasteiger partial charge in [-0.25, -0.2) is 0 Å². The minimum absolute atomic E-state index is 0.116. The highest BCUT2D eigenvalue weighted by Gasteiger charge is 2.05. The zero-order valence-corrected chi connectivity index (χ0v) is 11.5. The van der Waals surface area contributed by atoms with Crippen LogP contribution in [0.3, 0.4) is 0 Å². The molecule has 0 heterocycles. The maximum Gasteiger partial charge on any atom is 0.0928 e. The third-order valence-electron chi connectivity index (χ3n) is 2.55. The van der Waals surface area contributed by atoms with E-state index < -0.39 is 0 Å². The van der Waals surface area contributed by atoms with Crippen molar-refractivity contribution in [3.63, 3.8) is 0 Å². The van der Waals surface area contributed by atoms with Gasteiger partial charge in [0.05, 0.1) is 12.7 Å². The predicted octanol–water partition coefficient (Wildman–Crippen LogP) is 2.16. The molecule has 0 fully saturated rings. The number of rotatable bonds is 8. The summed E-state index contributed by atoms with van der Waals surface area (Å²) >= 11 is 1.76. The topological polar surface area (TPSA) is 30.5 Å². The Kier molecular flexibility index (Phi) is 7.28. The van der Waals surface area contributed by atoms with Crippen molar-refractivity contribution in [2.75, 3.05) is 33.6 Å². The fourth-order valence-corrected chi connectivity index (χ4v) is 1.93. The second kappa shape index (κ2) is 8.53. The van der Waals surface area contributed by atoms with Gasteiger partial charge < -0.3 is 14.8 Å². The highest BCUT2D eigenvalue weighted by molar-refractivity contribution is 7.98. The molecule has 0 aliphatic heterocycles. The largest absolute Gasteiger partial charge is 0.382 e. The Morgan fingerprint density at radius 1 is 1.24 bits per heavy atom. The lowest BCUT2D eigenvalue weighted by molar-refractivity contribution is 0.0288. The molecule has 0 aliphatic rings. The third kappa shape index (κ3) is 5.55. The minimum atomic E-state index is 0.116. The van der Waals surface area contributed by atoms with Gasteiger partial charge in [0.15, 0.2) is 0 Å². The molecule has 17 heavy (non-hydrogen) atoms. The number of thioether (sulfide) groups is 1. The van der Waals surface area contributed by atoms with Gasteiger partial charge in [0.25, 0.3) is 0 Å². The van der Waals surface area contributed by atoms with E-state index in [1.54, 1.807) is 26.0 Å². The Bertz CT molecular complexity index is 303. The summed E-state index contributed by atoms with van der Waals surface area (Å²) in [7, 11) is 3.39. The van der Waals surface area contributed by atoms with Crippen LogP contribution in [0, 0.1) is 0 Å². The van der Waals surface area contributed by atoms with Gasteiger partial charge in [-0.15, -0.1) is 11.8 Å².